The summed E-state index contributed by atoms with van der Waals surface area (Å²) in [5.41, 5.74) is 4.73. The monoisotopic (exact) mass is 1160 g/mol. The smallest absolute Gasteiger partial charge is 0.426 e. The van der Waals surface area contributed by atoms with Gasteiger partial charge in [-0.3, -0.25) is 39.0 Å². The van der Waals surface area contributed by atoms with Crippen LogP contribution in [0, 0.1) is 5.92 Å². The molecule has 0 fully saturated rings. The molecule has 1 atom stereocenters. The number of ether oxygens (including phenoxy) is 6. The van der Waals surface area contributed by atoms with Crippen molar-refractivity contribution in [3.63, 3.8) is 0 Å². The van der Waals surface area contributed by atoms with E-state index in [1.54, 1.807) is 32.9 Å². The summed E-state index contributed by atoms with van der Waals surface area (Å²) in [4.78, 5) is 115. The molecular weight excluding hydrogens is 1060 g/mol. The first-order valence-corrected chi connectivity index (χ1v) is 29.1. The molecular formula is C57H98N10O15. The molecule has 1 aromatic heterocycles. The van der Waals surface area contributed by atoms with Crippen molar-refractivity contribution in [2.75, 3.05) is 97.5 Å². The molecule has 0 radical (unpaired) electrons. The van der Waals surface area contributed by atoms with Crippen molar-refractivity contribution in [2.45, 2.75) is 168 Å². The van der Waals surface area contributed by atoms with Crippen LogP contribution in [-0.2, 0) is 57.2 Å². The van der Waals surface area contributed by atoms with E-state index in [2.05, 4.69) is 59.6 Å². The van der Waals surface area contributed by atoms with Crippen LogP contribution in [0.25, 0.3) is 0 Å². The summed E-state index contributed by atoms with van der Waals surface area (Å²) in [6.07, 6.45) is 11.6. The third kappa shape index (κ3) is 45.1. The van der Waals surface area contributed by atoms with E-state index >= 15 is 0 Å². The molecule has 0 aliphatic heterocycles. The van der Waals surface area contributed by atoms with Gasteiger partial charge in [-0.25, -0.2) is 20.0 Å². The molecule has 25 nitrogen and oxygen atoms in total. The van der Waals surface area contributed by atoms with Crippen molar-refractivity contribution in [2.24, 2.45) is 5.92 Å². The van der Waals surface area contributed by atoms with Crippen molar-refractivity contribution < 1.29 is 71.6 Å². The van der Waals surface area contributed by atoms with Crippen LogP contribution in [-0.4, -0.2) is 162 Å². The molecule has 0 saturated heterocycles. The molecule has 82 heavy (non-hydrogen) atoms. The van der Waals surface area contributed by atoms with Crippen LogP contribution in [0.1, 0.15) is 167 Å². The van der Waals surface area contributed by atoms with Gasteiger partial charge in [-0.1, -0.05) is 45.8 Å². The Morgan fingerprint density at radius 2 is 1.06 bits per heavy atom. The topological polar surface area (TPSA) is 330 Å². The van der Waals surface area contributed by atoms with Crippen molar-refractivity contribution in [1.82, 2.24) is 47.6 Å². The van der Waals surface area contributed by atoms with Gasteiger partial charge in [0.25, 0.3) is 5.91 Å². The summed E-state index contributed by atoms with van der Waals surface area (Å²) in [7, 11) is 0. The molecule has 0 aliphatic carbocycles. The highest BCUT2D eigenvalue weighted by atomic mass is 16.6. The molecule has 1 aromatic rings. The maximum atomic E-state index is 13.3. The van der Waals surface area contributed by atoms with Crippen molar-refractivity contribution >= 4 is 59.4 Å². The average molecular weight is 1160 g/mol. The van der Waals surface area contributed by atoms with Gasteiger partial charge in [-0.2, -0.15) is 0 Å². The van der Waals surface area contributed by atoms with E-state index in [1.165, 1.54) is 12.3 Å². The normalized spacial score (nSPS) is 11.3. The summed E-state index contributed by atoms with van der Waals surface area (Å²) in [6, 6.07) is 2.29. The molecule has 466 valence electrons. The average Bonchev–Trinajstić information content (AvgIpc) is 3.44. The Kier molecular flexibility index (Phi) is 43.0. The number of esters is 1. The zero-order valence-corrected chi connectivity index (χ0v) is 49.6. The van der Waals surface area contributed by atoms with Gasteiger partial charge in [0.05, 0.1) is 38.6 Å². The Balaban J connectivity index is 2.32. The number of amides is 8. The van der Waals surface area contributed by atoms with Crippen molar-refractivity contribution in [3.8, 4) is 0 Å². The number of carbonyl (C=O) groups is 9. The number of hydrogen-bond donors (Lipinski definition) is 9. The van der Waals surface area contributed by atoms with E-state index in [1.807, 2.05) is 13.8 Å². The predicted octanol–water partition coefficient (Wildman–Crippen LogP) is 5.19. The van der Waals surface area contributed by atoms with Crippen LogP contribution in [0.2, 0.25) is 0 Å². The largest absolute Gasteiger partial charge is 0.465 e. The Bertz CT molecular complexity index is 1990. The van der Waals surface area contributed by atoms with E-state index < -0.39 is 29.7 Å². The van der Waals surface area contributed by atoms with Gasteiger partial charge in [-0.15, -0.1) is 0 Å². The minimum atomic E-state index is -0.845. The molecule has 9 N–H and O–H groups in total. The fourth-order valence-corrected chi connectivity index (χ4v) is 7.19. The molecule has 0 unspecified atom stereocenters. The van der Waals surface area contributed by atoms with Crippen LogP contribution >= 0.6 is 0 Å². The van der Waals surface area contributed by atoms with E-state index in [9.17, 15) is 43.2 Å². The number of anilines is 1. The number of alkyl carbamates (subject to hydrolysis) is 1. The van der Waals surface area contributed by atoms with Crippen LogP contribution in [0.15, 0.2) is 31.0 Å². The third-order valence-corrected chi connectivity index (χ3v) is 11.5. The molecule has 0 aromatic carbocycles. The Labute approximate surface area is 485 Å². The Hall–Kier alpha value is -6.60. The van der Waals surface area contributed by atoms with Gasteiger partial charge in [0.15, 0.2) is 0 Å². The number of hydrazine groups is 1. The molecule has 25 heteroatoms. The van der Waals surface area contributed by atoms with E-state index in [0.29, 0.717) is 180 Å². The zero-order chi connectivity index (χ0) is 60.5. The Morgan fingerprint density at radius 3 is 1.61 bits per heavy atom. The Morgan fingerprint density at radius 1 is 0.549 bits per heavy atom. The summed E-state index contributed by atoms with van der Waals surface area (Å²) in [5, 5.41) is 19.7. The second-order valence-corrected chi connectivity index (χ2v) is 20.8. The number of unbranched alkanes of at least 4 members (excludes halogenated alkanes) is 7. The lowest BCUT2D eigenvalue weighted by Crippen LogP contribution is -2.47. The quantitative estimate of drug-likeness (QED) is 0.0133. The molecule has 0 bridgehead atoms. The first kappa shape index (κ1) is 73.4. The summed E-state index contributed by atoms with van der Waals surface area (Å²) in [5.74, 6) is -1.11. The van der Waals surface area contributed by atoms with Gasteiger partial charge in [0.1, 0.15) is 24.1 Å². The highest BCUT2D eigenvalue weighted by Crippen LogP contribution is 2.10. The second-order valence-electron chi connectivity index (χ2n) is 20.8. The minimum absolute atomic E-state index is 0.0462. The number of carbonyl (C=O) groups excluding carboxylic acids is 9. The summed E-state index contributed by atoms with van der Waals surface area (Å²) in [6.45, 7) is 18.1. The van der Waals surface area contributed by atoms with Gasteiger partial charge in [-0.05, 0) is 109 Å². The molecule has 8 amide bonds. The van der Waals surface area contributed by atoms with E-state index in [0.717, 1.165) is 25.7 Å². The van der Waals surface area contributed by atoms with Crippen LogP contribution in [0.4, 0.5) is 15.4 Å². The third-order valence-electron chi connectivity index (χ3n) is 11.5. The minimum Gasteiger partial charge on any atom is -0.465 e. The molecule has 0 saturated carbocycles. The SMILES string of the molecule is C=CCOC(=O)NCCCOCCOCCOCCCNC(=O)[C@H](CCCCNC(=O)CCCCCNC(=O)CCCCCNC(=O)c1ccc(NNC(=O)OC(C)(C)C)nc1)NC(=O)CCC(=O)NCCCCCC(=O)OCC(C)C. The number of rotatable bonds is 49. The molecule has 0 spiro atoms. The molecule has 1 heterocycles. The maximum Gasteiger partial charge on any atom is 0.426 e. The van der Waals surface area contributed by atoms with Crippen LogP contribution < -0.4 is 48.1 Å². The van der Waals surface area contributed by atoms with E-state index in [-0.39, 0.29) is 60.9 Å². The van der Waals surface area contributed by atoms with Gasteiger partial charge in [0, 0.05) is 90.8 Å². The summed E-state index contributed by atoms with van der Waals surface area (Å²) < 4.78 is 31.8. The van der Waals surface area contributed by atoms with Crippen molar-refractivity contribution in [1.29, 1.82) is 0 Å². The van der Waals surface area contributed by atoms with Gasteiger partial charge < -0.3 is 65.6 Å². The van der Waals surface area contributed by atoms with Gasteiger partial charge >= 0.3 is 18.2 Å². The first-order chi connectivity index (χ1) is 39.4. The first-order valence-electron chi connectivity index (χ1n) is 29.1. The lowest BCUT2D eigenvalue weighted by Gasteiger charge is -2.19. The number of aromatic nitrogens is 1. The van der Waals surface area contributed by atoms with Crippen molar-refractivity contribution in [3.05, 3.63) is 36.5 Å². The number of nitrogens with one attached hydrogen (secondary N) is 9. The number of hydrogen-bond acceptors (Lipinski definition) is 17. The van der Waals surface area contributed by atoms with Crippen LogP contribution in [0.5, 0.6) is 0 Å². The summed E-state index contributed by atoms with van der Waals surface area (Å²) >= 11 is 0. The fraction of sp³-hybridized carbons (Fsp3) is 0.719. The highest BCUT2D eigenvalue weighted by Gasteiger charge is 2.21. The highest BCUT2D eigenvalue weighted by molar-refractivity contribution is 5.94. The maximum absolute atomic E-state index is 13.3. The zero-order valence-electron chi connectivity index (χ0n) is 49.6. The van der Waals surface area contributed by atoms with E-state index in [4.69, 9.17) is 28.4 Å². The van der Waals surface area contributed by atoms with Gasteiger partial charge in [0.2, 0.25) is 29.5 Å². The lowest BCUT2D eigenvalue weighted by atomic mass is 10.1. The number of pyridine rings is 1. The molecule has 1 rings (SSSR count). The predicted molar refractivity (Wildman–Crippen MR) is 309 cm³/mol. The molecule has 0 aliphatic rings. The fourth-order valence-electron chi connectivity index (χ4n) is 7.19. The lowest BCUT2D eigenvalue weighted by molar-refractivity contribution is -0.145. The second kappa shape index (κ2) is 48.0. The number of nitrogens with zero attached hydrogens (tertiary/aromatic N) is 1. The van der Waals surface area contributed by atoms with Crippen LogP contribution in [0.3, 0.4) is 0 Å². The standard InChI is InChI=1S/C57H98N10O15/c1-7-35-80-55(75)63-34-20-37-78-39-41-79-40-38-77-36-19-33-62-54(74)46(65-51(71)28-27-50(70)60-30-16-10-13-24-52(72)81-43-44(2)3)21-14-18-31-59-49(69)22-11-8-15-29-58-48(68)23-12-9-17-32-61-53(73)45-25-26-47(64-42-45)66-67-56(76)82-57(4,5)6/h7,25-26,42,44,46H,1,8-24,27-41,43H2,2-6H3,(H,58,68)(H,59,69)(H,60,70)(H,61,73)(H,62,74)(H,63,75)(H,64,66)(H,65,71)(H,67,76)/t46-/m0/s1.